The van der Waals surface area contributed by atoms with Crippen molar-refractivity contribution in [2.24, 2.45) is 0 Å². The van der Waals surface area contributed by atoms with E-state index in [0.717, 1.165) is 27.6 Å². The van der Waals surface area contributed by atoms with Crippen molar-refractivity contribution in [1.82, 2.24) is 5.32 Å². The first kappa shape index (κ1) is 27.9. The topological polar surface area (TPSA) is 94.2 Å². The van der Waals surface area contributed by atoms with Crippen LogP contribution >= 0.6 is 0 Å². The van der Waals surface area contributed by atoms with Crippen LogP contribution in [0.15, 0.2) is 71.6 Å². The average molecular weight is 527 g/mol. The Morgan fingerprint density at radius 2 is 1.59 bits per heavy atom. The molecule has 0 bridgehead atoms. The van der Waals surface area contributed by atoms with Crippen molar-refractivity contribution in [1.29, 1.82) is 0 Å². The minimum absolute atomic E-state index is 0.0937. The smallest absolute Gasteiger partial charge is 0.264 e. The Kier molecular flexibility index (Phi) is 9.79. The van der Waals surface area contributed by atoms with Crippen LogP contribution in [0.5, 0.6) is 17.2 Å². The van der Waals surface area contributed by atoms with Gasteiger partial charge in [-0.15, -0.1) is 0 Å². The summed E-state index contributed by atoms with van der Waals surface area (Å²) in [4.78, 5) is 13.0. The largest absolute Gasteiger partial charge is 0.494 e. The van der Waals surface area contributed by atoms with Gasteiger partial charge >= 0.3 is 0 Å². The first-order valence-electron chi connectivity index (χ1n) is 12.1. The molecule has 3 rings (SSSR count). The van der Waals surface area contributed by atoms with E-state index in [1.165, 1.54) is 26.4 Å². The summed E-state index contributed by atoms with van der Waals surface area (Å²) in [6, 6.07) is 19.1. The average Bonchev–Trinajstić information content (AvgIpc) is 2.90. The van der Waals surface area contributed by atoms with Gasteiger partial charge in [-0.1, -0.05) is 29.8 Å². The molecule has 1 amide bonds. The van der Waals surface area contributed by atoms with Gasteiger partial charge in [-0.05, 0) is 68.7 Å². The number of carbonyl (C=O) groups excluding carboxylic acids is 1. The van der Waals surface area contributed by atoms with Crippen LogP contribution in [0.2, 0.25) is 0 Å². The number of anilines is 1. The fraction of sp³-hybridized carbons (Fsp3) is 0.321. The van der Waals surface area contributed by atoms with Gasteiger partial charge in [-0.2, -0.15) is 0 Å². The Bertz CT molecular complexity index is 1280. The molecule has 198 valence electrons. The SMILES string of the molecule is CCOc1ccc(CCCNC(=O)CN(c2ccc(OC)c(OC)c2)S(=O)(=O)c2ccc(C)cc2)cc1. The number of aryl methyl sites for hydroxylation is 2. The van der Waals surface area contributed by atoms with Gasteiger partial charge in [0, 0.05) is 12.6 Å². The molecule has 8 nitrogen and oxygen atoms in total. The number of nitrogens with one attached hydrogen (secondary N) is 1. The second kappa shape index (κ2) is 13.0. The van der Waals surface area contributed by atoms with E-state index in [2.05, 4.69) is 5.32 Å². The van der Waals surface area contributed by atoms with E-state index in [1.54, 1.807) is 30.3 Å². The van der Waals surface area contributed by atoms with E-state index in [0.29, 0.717) is 36.8 Å². The quantitative estimate of drug-likeness (QED) is 0.333. The highest BCUT2D eigenvalue weighted by molar-refractivity contribution is 7.92. The summed E-state index contributed by atoms with van der Waals surface area (Å²) in [5.41, 5.74) is 2.36. The van der Waals surface area contributed by atoms with Crippen LogP contribution in [0.1, 0.15) is 24.5 Å². The summed E-state index contributed by atoms with van der Waals surface area (Å²) in [5, 5.41) is 2.84. The van der Waals surface area contributed by atoms with Crippen molar-refractivity contribution in [2.45, 2.75) is 31.6 Å². The molecule has 0 saturated carbocycles. The molecular weight excluding hydrogens is 492 g/mol. The molecule has 9 heteroatoms. The van der Waals surface area contributed by atoms with E-state index in [4.69, 9.17) is 14.2 Å². The van der Waals surface area contributed by atoms with Gasteiger partial charge in [0.05, 0.1) is 31.4 Å². The normalized spacial score (nSPS) is 11.0. The number of carbonyl (C=O) groups is 1. The van der Waals surface area contributed by atoms with Gasteiger partial charge in [0.25, 0.3) is 10.0 Å². The van der Waals surface area contributed by atoms with Gasteiger partial charge in [0.2, 0.25) is 5.91 Å². The number of hydrogen-bond donors (Lipinski definition) is 1. The third kappa shape index (κ3) is 7.39. The fourth-order valence-electron chi connectivity index (χ4n) is 3.76. The lowest BCUT2D eigenvalue weighted by Crippen LogP contribution is -2.41. The number of rotatable bonds is 13. The standard InChI is InChI=1S/C28H34N2O6S/c1-5-36-24-13-10-22(11-14-24)7-6-18-29-28(31)20-30(23-12-17-26(34-3)27(19-23)35-4)37(32,33)25-15-8-21(2)9-16-25/h8-17,19H,5-7,18,20H2,1-4H3,(H,29,31). The van der Waals surface area contributed by atoms with E-state index in [9.17, 15) is 13.2 Å². The molecule has 0 aromatic heterocycles. The lowest BCUT2D eigenvalue weighted by molar-refractivity contribution is -0.119. The zero-order chi connectivity index (χ0) is 26.8. The van der Waals surface area contributed by atoms with E-state index in [-0.39, 0.29) is 11.4 Å². The maximum Gasteiger partial charge on any atom is 0.264 e. The lowest BCUT2D eigenvalue weighted by Gasteiger charge is -2.25. The highest BCUT2D eigenvalue weighted by Gasteiger charge is 2.28. The summed E-state index contributed by atoms with van der Waals surface area (Å²) in [5.74, 6) is 1.24. The molecule has 3 aromatic carbocycles. The Balaban J connectivity index is 1.73. The number of ether oxygens (including phenoxy) is 3. The number of amides is 1. The maximum atomic E-state index is 13.6. The van der Waals surface area contributed by atoms with Crippen LogP contribution in [0.3, 0.4) is 0 Å². The molecule has 3 aromatic rings. The first-order valence-corrected chi connectivity index (χ1v) is 13.5. The Morgan fingerprint density at radius 3 is 2.22 bits per heavy atom. The van der Waals surface area contributed by atoms with E-state index < -0.39 is 15.9 Å². The molecule has 0 aliphatic heterocycles. The number of nitrogens with zero attached hydrogens (tertiary/aromatic N) is 1. The van der Waals surface area contributed by atoms with Crippen LogP contribution in [-0.4, -0.2) is 48.2 Å². The first-order chi connectivity index (χ1) is 17.8. The molecule has 0 heterocycles. The molecule has 0 unspecified atom stereocenters. The zero-order valence-corrected chi connectivity index (χ0v) is 22.5. The summed E-state index contributed by atoms with van der Waals surface area (Å²) in [6.07, 6.45) is 1.48. The molecule has 0 aliphatic carbocycles. The predicted octanol–water partition coefficient (Wildman–Crippen LogP) is 4.36. The molecule has 0 saturated heterocycles. The summed E-state index contributed by atoms with van der Waals surface area (Å²) >= 11 is 0. The van der Waals surface area contributed by atoms with Crippen molar-refractivity contribution in [3.63, 3.8) is 0 Å². The van der Waals surface area contributed by atoms with Crippen molar-refractivity contribution >= 4 is 21.6 Å². The predicted molar refractivity (Wildman–Crippen MR) is 144 cm³/mol. The van der Waals surface area contributed by atoms with Gasteiger partial charge in [0.15, 0.2) is 11.5 Å². The fourth-order valence-corrected chi connectivity index (χ4v) is 5.17. The van der Waals surface area contributed by atoms with Crippen LogP contribution in [0.4, 0.5) is 5.69 Å². The highest BCUT2D eigenvalue weighted by atomic mass is 32.2. The van der Waals surface area contributed by atoms with Crippen LogP contribution in [0.25, 0.3) is 0 Å². The molecule has 0 aliphatic rings. The molecule has 0 fully saturated rings. The zero-order valence-electron chi connectivity index (χ0n) is 21.7. The van der Waals surface area contributed by atoms with Gasteiger partial charge in [0.1, 0.15) is 12.3 Å². The number of methoxy groups -OCH3 is 2. The Morgan fingerprint density at radius 1 is 0.919 bits per heavy atom. The monoisotopic (exact) mass is 526 g/mol. The summed E-state index contributed by atoms with van der Waals surface area (Å²) < 4.78 is 44.3. The summed E-state index contributed by atoms with van der Waals surface area (Å²) in [7, 11) is -1.06. The van der Waals surface area contributed by atoms with Crippen molar-refractivity contribution in [3.05, 3.63) is 77.9 Å². The molecular formula is C28H34N2O6S. The minimum atomic E-state index is -4.03. The van der Waals surface area contributed by atoms with Crippen molar-refractivity contribution in [2.75, 3.05) is 38.2 Å². The molecule has 0 atom stereocenters. The van der Waals surface area contributed by atoms with Gasteiger partial charge < -0.3 is 19.5 Å². The molecule has 37 heavy (non-hydrogen) atoms. The van der Waals surface area contributed by atoms with Gasteiger partial charge in [-0.3, -0.25) is 9.10 Å². The number of hydrogen-bond acceptors (Lipinski definition) is 6. The van der Waals surface area contributed by atoms with E-state index in [1.807, 2.05) is 38.1 Å². The molecule has 1 N–H and O–H groups in total. The van der Waals surface area contributed by atoms with Crippen molar-refractivity contribution in [3.8, 4) is 17.2 Å². The van der Waals surface area contributed by atoms with Crippen molar-refractivity contribution < 1.29 is 27.4 Å². The lowest BCUT2D eigenvalue weighted by atomic mass is 10.1. The Hall–Kier alpha value is -3.72. The maximum absolute atomic E-state index is 13.6. The highest BCUT2D eigenvalue weighted by Crippen LogP contribution is 2.33. The third-order valence-electron chi connectivity index (χ3n) is 5.75. The second-order valence-corrected chi connectivity index (χ2v) is 10.3. The Labute approximate surface area is 219 Å². The molecule has 0 spiro atoms. The van der Waals surface area contributed by atoms with E-state index >= 15 is 0 Å². The second-order valence-electron chi connectivity index (χ2n) is 8.39. The van der Waals surface area contributed by atoms with Gasteiger partial charge in [-0.25, -0.2) is 8.42 Å². The van der Waals surface area contributed by atoms with Crippen LogP contribution in [0, 0.1) is 6.92 Å². The third-order valence-corrected chi connectivity index (χ3v) is 7.54. The van der Waals surface area contributed by atoms with Crippen LogP contribution < -0.4 is 23.8 Å². The molecule has 0 radical (unpaired) electrons. The number of benzene rings is 3. The number of sulfonamides is 1. The minimum Gasteiger partial charge on any atom is -0.494 e. The summed E-state index contributed by atoms with van der Waals surface area (Å²) in [6.45, 7) is 4.47. The van der Waals surface area contributed by atoms with Crippen LogP contribution in [-0.2, 0) is 21.2 Å².